The second-order valence-corrected chi connectivity index (χ2v) is 5.26. The molecule has 2 unspecified atom stereocenters. The van der Waals surface area contributed by atoms with E-state index in [-0.39, 0.29) is 54.2 Å². The van der Waals surface area contributed by atoms with Crippen molar-refractivity contribution in [3.05, 3.63) is 0 Å². The Bertz CT molecular complexity index is 420. The molecular formula is C14H27IN4O4. The van der Waals surface area contributed by atoms with Gasteiger partial charge in [0, 0.05) is 33.8 Å². The molecule has 0 spiro atoms. The van der Waals surface area contributed by atoms with Gasteiger partial charge in [0.15, 0.2) is 5.96 Å². The van der Waals surface area contributed by atoms with Gasteiger partial charge in [-0.25, -0.2) is 0 Å². The second kappa shape index (κ2) is 11.4. The first-order chi connectivity index (χ1) is 10.5. The predicted molar refractivity (Wildman–Crippen MR) is 97.9 cm³/mol. The summed E-state index contributed by atoms with van der Waals surface area (Å²) >= 11 is 0. The van der Waals surface area contributed by atoms with Crippen LogP contribution in [0.4, 0.5) is 0 Å². The van der Waals surface area contributed by atoms with E-state index >= 15 is 0 Å². The van der Waals surface area contributed by atoms with Crippen LogP contribution in [-0.2, 0) is 19.1 Å². The SMILES string of the molecule is CN=C(NCC(=O)NCCOC)N1CC(C)C(C(=O)OC)C1.I. The number of ether oxygens (including phenoxy) is 2. The molecule has 0 radical (unpaired) electrons. The summed E-state index contributed by atoms with van der Waals surface area (Å²) in [6.45, 7) is 4.33. The monoisotopic (exact) mass is 442 g/mol. The van der Waals surface area contributed by atoms with Gasteiger partial charge in [-0.2, -0.15) is 0 Å². The molecule has 134 valence electrons. The molecule has 1 aliphatic rings. The summed E-state index contributed by atoms with van der Waals surface area (Å²) in [4.78, 5) is 29.5. The van der Waals surface area contributed by atoms with E-state index in [1.807, 2.05) is 11.8 Å². The number of methoxy groups -OCH3 is 2. The summed E-state index contributed by atoms with van der Waals surface area (Å²) in [7, 11) is 4.63. The summed E-state index contributed by atoms with van der Waals surface area (Å²) in [5, 5.41) is 5.73. The Kier molecular flexibility index (Phi) is 10.9. The van der Waals surface area contributed by atoms with Crippen LogP contribution in [-0.4, -0.2) is 76.8 Å². The number of amides is 1. The van der Waals surface area contributed by atoms with Crippen molar-refractivity contribution >= 4 is 41.8 Å². The molecule has 1 heterocycles. The van der Waals surface area contributed by atoms with Gasteiger partial charge in [0.2, 0.25) is 5.91 Å². The average Bonchev–Trinajstić information content (AvgIpc) is 2.89. The zero-order valence-electron chi connectivity index (χ0n) is 14.1. The van der Waals surface area contributed by atoms with Crippen LogP contribution >= 0.6 is 24.0 Å². The average molecular weight is 442 g/mol. The van der Waals surface area contributed by atoms with Gasteiger partial charge in [-0.15, -0.1) is 24.0 Å². The molecule has 0 aromatic heterocycles. The van der Waals surface area contributed by atoms with Crippen molar-refractivity contribution in [2.24, 2.45) is 16.8 Å². The molecule has 1 rings (SSSR count). The van der Waals surface area contributed by atoms with E-state index in [0.29, 0.717) is 32.2 Å². The number of nitrogens with one attached hydrogen (secondary N) is 2. The van der Waals surface area contributed by atoms with Crippen molar-refractivity contribution in [2.45, 2.75) is 6.92 Å². The molecule has 1 fully saturated rings. The molecule has 0 aromatic rings. The third-order valence-corrected chi connectivity index (χ3v) is 3.66. The first kappa shape index (κ1) is 21.9. The van der Waals surface area contributed by atoms with Crippen LogP contribution in [0.15, 0.2) is 4.99 Å². The lowest BCUT2D eigenvalue weighted by Gasteiger charge is -2.21. The number of rotatable bonds is 6. The minimum absolute atomic E-state index is 0. The third kappa shape index (κ3) is 6.90. The van der Waals surface area contributed by atoms with Crippen molar-refractivity contribution in [2.75, 3.05) is 54.1 Å². The van der Waals surface area contributed by atoms with E-state index in [0.717, 1.165) is 0 Å². The van der Waals surface area contributed by atoms with Crippen LogP contribution in [0.2, 0.25) is 0 Å². The Morgan fingerprint density at radius 1 is 1.26 bits per heavy atom. The fourth-order valence-corrected chi connectivity index (χ4v) is 2.44. The minimum Gasteiger partial charge on any atom is -0.469 e. The molecule has 9 heteroatoms. The molecule has 2 atom stereocenters. The highest BCUT2D eigenvalue weighted by atomic mass is 127. The smallest absolute Gasteiger partial charge is 0.310 e. The standard InChI is InChI=1S/C14H26N4O4.HI/c1-10-8-18(9-11(10)13(20)22-4)14(15-2)17-7-12(19)16-5-6-21-3;/h10-11H,5-9H2,1-4H3,(H,15,17)(H,16,19);1H. The number of nitrogens with zero attached hydrogens (tertiary/aromatic N) is 2. The van der Waals surface area contributed by atoms with Gasteiger partial charge in [-0.3, -0.25) is 14.6 Å². The third-order valence-electron chi connectivity index (χ3n) is 3.66. The molecule has 23 heavy (non-hydrogen) atoms. The lowest BCUT2D eigenvalue weighted by atomic mass is 9.99. The number of likely N-dealkylation sites (tertiary alicyclic amines) is 1. The van der Waals surface area contributed by atoms with Gasteiger partial charge in [0.25, 0.3) is 0 Å². The van der Waals surface area contributed by atoms with Crippen molar-refractivity contribution < 1.29 is 19.1 Å². The molecule has 1 amide bonds. The van der Waals surface area contributed by atoms with Gasteiger partial charge in [-0.1, -0.05) is 6.92 Å². The van der Waals surface area contributed by atoms with Gasteiger partial charge in [0.1, 0.15) is 0 Å². The van der Waals surface area contributed by atoms with Crippen molar-refractivity contribution in [1.29, 1.82) is 0 Å². The highest BCUT2D eigenvalue weighted by molar-refractivity contribution is 14.0. The van der Waals surface area contributed by atoms with Gasteiger partial charge < -0.3 is 25.0 Å². The number of halogens is 1. The zero-order chi connectivity index (χ0) is 16.5. The molecule has 0 aliphatic carbocycles. The van der Waals surface area contributed by atoms with E-state index in [1.165, 1.54) is 7.11 Å². The highest BCUT2D eigenvalue weighted by Crippen LogP contribution is 2.23. The largest absolute Gasteiger partial charge is 0.469 e. The zero-order valence-corrected chi connectivity index (χ0v) is 16.5. The Labute approximate surface area is 154 Å². The Balaban J connectivity index is 0.00000484. The van der Waals surface area contributed by atoms with Crippen LogP contribution < -0.4 is 10.6 Å². The van der Waals surface area contributed by atoms with Gasteiger partial charge >= 0.3 is 5.97 Å². The van der Waals surface area contributed by atoms with Crippen molar-refractivity contribution in [1.82, 2.24) is 15.5 Å². The molecule has 8 nitrogen and oxygen atoms in total. The molecule has 0 saturated carbocycles. The first-order valence-electron chi connectivity index (χ1n) is 7.32. The summed E-state index contributed by atoms with van der Waals surface area (Å²) in [6, 6.07) is 0. The summed E-state index contributed by atoms with van der Waals surface area (Å²) < 4.78 is 9.68. The number of guanidine groups is 1. The van der Waals surface area contributed by atoms with E-state index in [4.69, 9.17) is 9.47 Å². The maximum atomic E-state index is 11.7. The normalized spacial score (nSPS) is 20.7. The fourth-order valence-electron chi connectivity index (χ4n) is 2.44. The Morgan fingerprint density at radius 3 is 2.52 bits per heavy atom. The van der Waals surface area contributed by atoms with E-state index < -0.39 is 0 Å². The first-order valence-corrected chi connectivity index (χ1v) is 7.32. The number of carbonyl (C=O) groups excluding carboxylic acids is 2. The fraction of sp³-hybridized carbons (Fsp3) is 0.786. The van der Waals surface area contributed by atoms with Crippen LogP contribution in [0, 0.1) is 11.8 Å². The molecular weight excluding hydrogens is 415 g/mol. The predicted octanol–water partition coefficient (Wildman–Crippen LogP) is -0.317. The maximum Gasteiger partial charge on any atom is 0.310 e. The van der Waals surface area contributed by atoms with E-state index in [1.54, 1.807) is 14.2 Å². The summed E-state index contributed by atoms with van der Waals surface area (Å²) in [5.74, 6) is 0.290. The number of aliphatic imine (C=N–C) groups is 1. The highest BCUT2D eigenvalue weighted by Gasteiger charge is 2.36. The van der Waals surface area contributed by atoms with E-state index in [2.05, 4.69) is 15.6 Å². The molecule has 2 N–H and O–H groups in total. The lowest BCUT2D eigenvalue weighted by molar-refractivity contribution is -0.146. The maximum absolute atomic E-state index is 11.7. The van der Waals surface area contributed by atoms with Crippen LogP contribution in [0.3, 0.4) is 0 Å². The number of hydrogen-bond acceptors (Lipinski definition) is 5. The van der Waals surface area contributed by atoms with Crippen LogP contribution in [0.25, 0.3) is 0 Å². The van der Waals surface area contributed by atoms with Crippen LogP contribution in [0.1, 0.15) is 6.92 Å². The molecule has 1 saturated heterocycles. The molecule has 0 bridgehead atoms. The number of carbonyl (C=O) groups is 2. The van der Waals surface area contributed by atoms with Gasteiger partial charge in [-0.05, 0) is 5.92 Å². The lowest BCUT2D eigenvalue weighted by Crippen LogP contribution is -2.45. The van der Waals surface area contributed by atoms with Crippen LogP contribution in [0.5, 0.6) is 0 Å². The number of esters is 1. The Morgan fingerprint density at radius 2 is 1.96 bits per heavy atom. The number of hydrogen-bond donors (Lipinski definition) is 2. The van der Waals surface area contributed by atoms with Crippen molar-refractivity contribution in [3.8, 4) is 0 Å². The quantitative estimate of drug-likeness (QED) is 0.193. The Hall–Kier alpha value is -1.10. The molecule has 0 aromatic carbocycles. The minimum atomic E-state index is -0.206. The summed E-state index contributed by atoms with van der Waals surface area (Å²) in [5.41, 5.74) is 0. The van der Waals surface area contributed by atoms with E-state index in [9.17, 15) is 9.59 Å². The summed E-state index contributed by atoms with van der Waals surface area (Å²) in [6.07, 6.45) is 0. The molecule has 1 aliphatic heterocycles. The van der Waals surface area contributed by atoms with Gasteiger partial charge in [0.05, 0.1) is 26.2 Å². The topological polar surface area (TPSA) is 92.3 Å². The second-order valence-electron chi connectivity index (χ2n) is 5.26. The van der Waals surface area contributed by atoms with Crippen molar-refractivity contribution in [3.63, 3.8) is 0 Å².